The number of benzene rings is 2. The normalized spacial score (nSPS) is 24.7. The molecule has 0 spiro atoms. The highest BCUT2D eigenvalue weighted by Gasteiger charge is 2.47. The Kier molecular flexibility index (Phi) is 7.35. The molecule has 0 saturated heterocycles. The average molecular weight is 493 g/mol. The topological polar surface area (TPSA) is 0 Å². The Bertz CT molecular complexity index is 999. The van der Waals surface area contributed by atoms with Gasteiger partial charge < -0.3 is 0 Å². The zero-order valence-corrected chi connectivity index (χ0v) is 25.6. The predicted octanol–water partition coefficient (Wildman–Crippen LogP) is 10.4. The monoisotopic (exact) mass is 492 g/mol. The van der Waals surface area contributed by atoms with Gasteiger partial charge in [-0.25, -0.2) is 10.0 Å². The number of hydrogen-bond donors (Lipinski definition) is 0. The highest BCUT2D eigenvalue weighted by atomic mass is 32.3. The molecule has 0 aliphatic heterocycles. The highest BCUT2D eigenvalue weighted by molar-refractivity contribution is 8.33. The Balaban J connectivity index is 1.89. The zero-order chi connectivity index (χ0) is 26.0. The predicted molar refractivity (Wildman–Crippen MR) is 160 cm³/mol. The first kappa shape index (κ1) is 26.8. The van der Waals surface area contributed by atoms with Crippen LogP contribution in [0, 0.1) is 11.8 Å². The van der Waals surface area contributed by atoms with Gasteiger partial charge in [-0.05, 0) is 105 Å². The van der Waals surface area contributed by atoms with Crippen LogP contribution in [0.25, 0.3) is 0 Å². The third kappa shape index (κ3) is 4.54. The average Bonchev–Trinajstić information content (AvgIpc) is 3.27. The van der Waals surface area contributed by atoms with Crippen molar-refractivity contribution in [3.63, 3.8) is 0 Å². The van der Waals surface area contributed by atoms with Gasteiger partial charge in [0.2, 0.25) is 0 Å². The summed E-state index contributed by atoms with van der Waals surface area (Å²) in [6.45, 7) is 24.2. The Hall–Kier alpha value is -1.21. The second kappa shape index (κ2) is 9.59. The lowest BCUT2D eigenvalue weighted by Crippen LogP contribution is -2.21. The van der Waals surface area contributed by atoms with E-state index in [0.717, 1.165) is 11.8 Å². The van der Waals surface area contributed by atoms with E-state index < -0.39 is 10.0 Å². The number of fused-ring (bicyclic) bond motifs is 2. The maximum atomic E-state index is 2.70. The molecule has 2 aliphatic carbocycles. The first-order valence-corrected chi connectivity index (χ1v) is 16.9. The molecule has 2 aromatic carbocycles. The molecule has 0 aromatic heterocycles. The quantitative estimate of drug-likeness (QED) is 0.376. The maximum absolute atomic E-state index is 2.70. The SMILES string of the molecule is CC(C)c1cc(C(C)C)c2c(c1)C(S(C)(C)C1c3cc(C(C)C)cc(C(C)C)c3CC1C)C(C)C2. The lowest BCUT2D eigenvalue weighted by atomic mass is 9.89. The minimum Gasteiger partial charge on any atom is -0.233 e. The van der Waals surface area contributed by atoms with Gasteiger partial charge in [-0.3, -0.25) is 0 Å². The van der Waals surface area contributed by atoms with E-state index in [0.29, 0.717) is 34.2 Å². The summed E-state index contributed by atoms with van der Waals surface area (Å²) in [6.07, 6.45) is 7.93. The van der Waals surface area contributed by atoms with Gasteiger partial charge in [0.1, 0.15) is 0 Å². The molecule has 0 amide bonds. The van der Waals surface area contributed by atoms with E-state index in [-0.39, 0.29) is 0 Å². The minimum atomic E-state index is -0.933. The van der Waals surface area contributed by atoms with Crippen molar-refractivity contribution in [2.24, 2.45) is 11.8 Å². The van der Waals surface area contributed by atoms with Crippen LogP contribution in [0.5, 0.6) is 0 Å². The Labute approximate surface area is 219 Å². The molecule has 0 N–H and O–H groups in total. The van der Waals surface area contributed by atoms with Crippen molar-refractivity contribution in [2.45, 2.75) is 116 Å². The molecule has 4 rings (SSSR count). The van der Waals surface area contributed by atoms with Crippen molar-refractivity contribution in [1.82, 2.24) is 0 Å². The smallest absolute Gasteiger partial charge is 0.0172 e. The van der Waals surface area contributed by atoms with Crippen molar-refractivity contribution >= 4 is 10.0 Å². The molecule has 2 aromatic rings. The lowest BCUT2D eigenvalue weighted by molar-refractivity contribution is 0.577. The fourth-order valence-electron chi connectivity index (χ4n) is 7.64. The van der Waals surface area contributed by atoms with E-state index in [9.17, 15) is 0 Å². The van der Waals surface area contributed by atoms with Crippen LogP contribution >= 0.6 is 10.0 Å². The summed E-state index contributed by atoms with van der Waals surface area (Å²) in [7, 11) is -0.933. The van der Waals surface area contributed by atoms with Gasteiger partial charge >= 0.3 is 0 Å². The van der Waals surface area contributed by atoms with E-state index in [1.165, 1.54) is 12.8 Å². The Morgan fingerprint density at radius 3 is 1.20 bits per heavy atom. The van der Waals surface area contributed by atoms with E-state index in [1.54, 1.807) is 44.5 Å². The van der Waals surface area contributed by atoms with Crippen LogP contribution in [0.2, 0.25) is 0 Å². The molecule has 0 radical (unpaired) electrons. The molecular formula is C34H52S. The van der Waals surface area contributed by atoms with Crippen LogP contribution in [-0.4, -0.2) is 12.5 Å². The third-order valence-corrected chi connectivity index (χ3v) is 13.3. The van der Waals surface area contributed by atoms with Gasteiger partial charge in [0.15, 0.2) is 0 Å². The fourth-order valence-corrected chi connectivity index (χ4v) is 12.3. The van der Waals surface area contributed by atoms with E-state index in [4.69, 9.17) is 0 Å². The summed E-state index contributed by atoms with van der Waals surface area (Å²) in [5.74, 6) is 3.81. The summed E-state index contributed by atoms with van der Waals surface area (Å²) in [5, 5.41) is 1.38. The van der Waals surface area contributed by atoms with Crippen molar-refractivity contribution in [1.29, 1.82) is 0 Å². The minimum absolute atomic E-state index is 0.584. The van der Waals surface area contributed by atoms with Crippen molar-refractivity contribution < 1.29 is 0 Å². The van der Waals surface area contributed by atoms with Crippen LogP contribution in [0.4, 0.5) is 0 Å². The Morgan fingerprint density at radius 2 is 0.914 bits per heavy atom. The summed E-state index contributed by atoms with van der Waals surface area (Å²) in [5.41, 5.74) is 13.2. The largest absolute Gasteiger partial charge is 0.233 e. The molecule has 194 valence electrons. The van der Waals surface area contributed by atoms with Crippen LogP contribution in [0.3, 0.4) is 0 Å². The Morgan fingerprint density at radius 1 is 0.571 bits per heavy atom. The number of hydrogen-bond acceptors (Lipinski definition) is 0. The van der Waals surface area contributed by atoms with Crippen molar-refractivity contribution in [3.05, 3.63) is 68.8 Å². The second-order valence-electron chi connectivity index (χ2n) is 13.7. The second-order valence-corrected chi connectivity index (χ2v) is 17.7. The van der Waals surface area contributed by atoms with Crippen LogP contribution < -0.4 is 0 Å². The number of rotatable bonds is 6. The van der Waals surface area contributed by atoms with Crippen LogP contribution in [0.1, 0.15) is 148 Å². The van der Waals surface area contributed by atoms with E-state index >= 15 is 0 Å². The van der Waals surface area contributed by atoms with Crippen molar-refractivity contribution in [3.8, 4) is 0 Å². The van der Waals surface area contributed by atoms with Crippen LogP contribution in [-0.2, 0) is 12.8 Å². The molecular weight excluding hydrogens is 440 g/mol. The fraction of sp³-hybridized carbons (Fsp3) is 0.647. The van der Waals surface area contributed by atoms with Gasteiger partial charge in [-0.2, -0.15) is 0 Å². The molecule has 0 bridgehead atoms. The third-order valence-electron chi connectivity index (χ3n) is 9.27. The molecule has 4 unspecified atom stereocenters. The first-order valence-electron chi connectivity index (χ1n) is 14.3. The molecule has 1 heteroatoms. The molecule has 0 fully saturated rings. The summed E-state index contributed by atoms with van der Waals surface area (Å²) in [6, 6.07) is 10.4. The molecule has 0 saturated carbocycles. The summed E-state index contributed by atoms with van der Waals surface area (Å²) in [4.78, 5) is 0. The molecule has 2 aliphatic rings. The van der Waals surface area contributed by atoms with Crippen LogP contribution in [0.15, 0.2) is 24.3 Å². The van der Waals surface area contributed by atoms with E-state index in [1.807, 2.05) is 0 Å². The standard InChI is InChI=1S/C34H52S/c1-19(2)25-15-27(21(5)6)29-13-23(9)33(31(29)17-25)35(11,12)34-24(10)14-30-28(22(7)8)16-26(20(3)4)18-32(30)34/h15-24,33-34H,13-14H2,1-12H3. The van der Waals surface area contributed by atoms with Gasteiger partial charge in [0.25, 0.3) is 0 Å². The van der Waals surface area contributed by atoms with Gasteiger partial charge in [-0.15, -0.1) is 0 Å². The van der Waals surface area contributed by atoms with Crippen molar-refractivity contribution in [2.75, 3.05) is 12.5 Å². The summed E-state index contributed by atoms with van der Waals surface area (Å²) < 4.78 is 0. The first-order chi connectivity index (χ1) is 16.2. The highest BCUT2D eigenvalue weighted by Crippen LogP contribution is 2.73. The molecule has 0 heterocycles. The van der Waals surface area contributed by atoms with Gasteiger partial charge in [-0.1, -0.05) is 93.5 Å². The van der Waals surface area contributed by atoms with E-state index in [2.05, 4.69) is 106 Å². The molecule has 35 heavy (non-hydrogen) atoms. The summed E-state index contributed by atoms with van der Waals surface area (Å²) >= 11 is 0. The molecule has 4 atom stereocenters. The zero-order valence-electron chi connectivity index (χ0n) is 24.8. The molecule has 0 nitrogen and oxygen atoms in total. The lowest BCUT2D eigenvalue weighted by Gasteiger charge is -2.48. The van der Waals surface area contributed by atoms with Gasteiger partial charge in [0, 0.05) is 10.5 Å². The maximum Gasteiger partial charge on any atom is 0.0172 e. The van der Waals surface area contributed by atoms with Gasteiger partial charge in [0.05, 0.1) is 0 Å².